The molecule has 1 aromatic carbocycles. The van der Waals surface area contributed by atoms with Gasteiger partial charge in [0.2, 0.25) is 5.78 Å². The summed E-state index contributed by atoms with van der Waals surface area (Å²) in [5, 5.41) is 45.1. The fourth-order valence-electron chi connectivity index (χ4n) is 5.33. The Balaban J connectivity index is 1.94. The summed E-state index contributed by atoms with van der Waals surface area (Å²) in [5.41, 5.74) is -2.14. The minimum absolute atomic E-state index is 0.119. The van der Waals surface area contributed by atoms with E-state index in [2.05, 4.69) is 0 Å². The van der Waals surface area contributed by atoms with Crippen LogP contribution >= 0.6 is 0 Å². The molecule has 0 radical (unpaired) electrons. The van der Waals surface area contributed by atoms with Gasteiger partial charge in [-0.15, -0.1) is 0 Å². The Morgan fingerprint density at radius 3 is 2.92 bits per heavy atom. The molecule has 7 nitrogen and oxygen atoms in total. The van der Waals surface area contributed by atoms with Gasteiger partial charge in [0.05, 0.1) is 19.0 Å². The first-order valence-electron chi connectivity index (χ1n) is 7.97. The van der Waals surface area contributed by atoms with Gasteiger partial charge in [0, 0.05) is 17.5 Å². The second kappa shape index (κ2) is 3.83. The molecule has 1 unspecified atom stereocenters. The lowest BCUT2D eigenvalue weighted by Gasteiger charge is -2.64. The maximum Gasteiger partial charge on any atom is 0.224 e. The van der Waals surface area contributed by atoms with Gasteiger partial charge in [-0.1, -0.05) is 6.08 Å². The number of quaternary nitrogens is 1. The van der Waals surface area contributed by atoms with Gasteiger partial charge in [-0.2, -0.15) is 0 Å². The van der Waals surface area contributed by atoms with Gasteiger partial charge >= 0.3 is 0 Å². The zero-order chi connectivity index (χ0) is 17.1. The Kier molecular flexibility index (Phi) is 2.30. The number of ketones is 1. The highest BCUT2D eigenvalue weighted by Crippen LogP contribution is 2.64. The maximum absolute atomic E-state index is 13.1. The molecule has 126 valence electrons. The number of phenols is 1. The number of nitrogens with zero attached hydrogens (tertiary/aromatic N) is 1. The van der Waals surface area contributed by atoms with E-state index in [1.807, 2.05) is 0 Å². The molecule has 24 heavy (non-hydrogen) atoms. The minimum atomic E-state index is -1.76. The van der Waals surface area contributed by atoms with E-state index in [0.717, 1.165) is 0 Å². The number of rotatable bonds is 0. The van der Waals surface area contributed by atoms with Crippen molar-refractivity contribution < 1.29 is 29.5 Å². The zero-order valence-electron chi connectivity index (χ0n) is 13.0. The van der Waals surface area contributed by atoms with E-state index in [9.17, 15) is 25.3 Å². The number of hydrogen-bond donors (Lipinski definition) is 3. The number of likely N-dealkylation sites (tertiary alicyclic amines) is 1. The molecule has 3 N–H and O–H groups in total. The SMILES string of the molecule is C[N+]1([O-])CC[C@]23c4c5ccc(O)c4O[C@H]2[C@@H](O)C=C[C@@]3(O)[C@H]1C5=O. The first kappa shape index (κ1) is 14.4. The zero-order valence-corrected chi connectivity index (χ0v) is 13.0. The fraction of sp³-hybridized carbons (Fsp3) is 0.471. The highest BCUT2D eigenvalue weighted by Gasteiger charge is 2.76. The van der Waals surface area contributed by atoms with Gasteiger partial charge in [0.15, 0.2) is 23.1 Å². The molecule has 7 heteroatoms. The molecule has 2 aliphatic heterocycles. The number of phenolic OH excluding ortho intramolecular Hbond substituents is 1. The predicted molar refractivity (Wildman–Crippen MR) is 81.5 cm³/mol. The van der Waals surface area contributed by atoms with Crippen LogP contribution in [0.4, 0.5) is 0 Å². The normalized spacial score (nSPS) is 47.3. The Labute approximate surface area is 137 Å². The molecule has 0 aromatic heterocycles. The molecule has 1 saturated heterocycles. The van der Waals surface area contributed by atoms with Crippen molar-refractivity contribution in [1.82, 2.24) is 0 Å². The molecular weight excluding hydrogens is 314 g/mol. The van der Waals surface area contributed by atoms with Gasteiger partial charge in [-0.3, -0.25) is 4.79 Å². The number of likely N-dealkylation sites (N-methyl/N-ethyl adjacent to an activating group) is 1. The number of aliphatic hydroxyl groups is 2. The third-order valence-corrected chi connectivity index (χ3v) is 6.31. The summed E-state index contributed by atoms with van der Waals surface area (Å²) in [6.07, 6.45) is 1.17. The number of hydrogen-bond acceptors (Lipinski definition) is 6. The van der Waals surface area contributed by atoms with Crippen molar-refractivity contribution in [2.75, 3.05) is 13.6 Å². The van der Waals surface area contributed by atoms with Crippen molar-refractivity contribution in [1.29, 1.82) is 0 Å². The number of aromatic hydroxyl groups is 1. The van der Waals surface area contributed by atoms with Crippen molar-refractivity contribution in [2.24, 2.45) is 0 Å². The second-order valence-electron chi connectivity index (χ2n) is 7.44. The van der Waals surface area contributed by atoms with Crippen molar-refractivity contribution in [3.05, 3.63) is 40.6 Å². The van der Waals surface area contributed by atoms with Crippen LogP contribution in [-0.4, -0.2) is 63.2 Å². The topological polar surface area (TPSA) is 110 Å². The number of piperidine rings is 1. The quantitative estimate of drug-likeness (QED) is 0.350. The van der Waals surface area contributed by atoms with Crippen molar-refractivity contribution in [3.8, 4) is 11.5 Å². The molecule has 0 saturated carbocycles. The van der Waals surface area contributed by atoms with Crippen LogP contribution in [-0.2, 0) is 5.41 Å². The monoisotopic (exact) mass is 331 g/mol. The van der Waals surface area contributed by atoms with Gasteiger partial charge in [0.25, 0.3) is 0 Å². The summed E-state index contributed by atoms with van der Waals surface area (Å²) >= 11 is 0. The Hall–Kier alpha value is -1.93. The van der Waals surface area contributed by atoms with Crippen LogP contribution in [0.5, 0.6) is 11.5 Å². The van der Waals surface area contributed by atoms with Crippen LogP contribution in [0.3, 0.4) is 0 Å². The van der Waals surface area contributed by atoms with E-state index in [1.165, 1.54) is 31.3 Å². The first-order chi connectivity index (χ1) is 11.2. The maximum atomic E-state index is 13.1. The van der Waals surface area contributed by atoms with Crippen molar-refractivity contribution >= 4 is 5.78 Å². The second-order valence-corrected chi connectivity index (χ2v) is 7.44. The van der Waals surface area contributed by atoms with E-state index in [1.54, 1.807) is 0 Å². The number of carbonyl (C=O) groups excluding carboxylic acids is 1. The van der Waals surface area contributed by atoms with Crippen molar-refractivity contribution in [2.45, 2.75) is 35.7 Å². The molecular formula is C17H17NO6. The lowest BCUT2D eigenvalue weighted by molar-refractivity contribution is -0.891. The number of carbonyl (C=O) groups is 1. The molecule has 1 fully saturated rings. The van der Waals surface area contributed by atoms with Gasteiger partial charge in [0.1, 0.15) is 12.2 Å². The van der Waals surface area contributed by atoms with E-state index < -0.39 is 39.7 Å². The highest BCUT2D eigenvalue weighted by molar-refractivity contribution is 6.06. The molecule has 5 rings (SSSR count). The fourth-order valence-corrected chi connectivity index (χ4v) is 5.33. The van der Waals surface area contributed by atoms with Crippen LogP contribution in [0.1, 0.15) is 22.3 Å². The molecule has 1 aromatic rings. The van der Waals surface area contributed by atoms with Crippen LogP contribution < -0.4 is 4.74 Å². The third kappa shape index (κ3) is 1.23. The van der Waals surface area contributed by atoms with E-state index in [4.69, 9.17) is 4.74 Å². The molecule has 2 bridgehead atoms. The van der Waals surface area contributed by atoms with E-state index >= 15 is 0 Å². The Bertz CT molecular complexity index is 833. The molecule has 1 spiro atoms. The number of hydroxylamine groups is 3. The lowest BCUT2D eigenvalue weighted by atomic mass is 9.50. The van der Waals surface area contributed by atoms with Crippen LogP contribution in [0.25, 0.3) is 0 Å². The van der Waals surface area contributed by atoms with Crippen LogP contribution in [0.15, 0.2) is 24.3 Å². The molecule has 6 atom stereocenters. The molecule has 4 aliphatic rings. The van der Waals surface area contributed by atoms with Gasteiger partial charge < -0.3 is 29.9 Å². The molecule has 0 amide bonds. The lowest BCUT2D eigenvalue weighted by Crippen LogP contribution is -2.80. The third-order valence-electron chi connectivity index (χ3n) is 6.31. The number of ether oxygens (including phenoxy) is 1. The summed E-state index contributed by atoms with van der Waals surface area (Å²) in [4.78, 5) is 13.1. The van der Waals surface area contributed by atoms with Crippen LogP contribution in [0, 0.1) is 5.21 Å². The largest absolute Gasteiger partial charge is 0.632 e. The van der Waals surface area contributed by atoms with E-state index in [-0.39, 0.29) is 24.5 Å². The van der Waals surface area contributed by atoms with Crippen molar-refractivity contribution in [3.63, 3.8) is 0 Å². The predicted octanol–water partition coefficient (Wildman–Crippen LogP) is -0.0342. The molecule has 2 heterocycles. The number of Topliss-reactive ketones (excluding diaryl/α,β-unsaturated/α-hetero) is 1. The van der Waals surface area contributed by atoms with Gasteiger partial charge in [-0.25, -0.2) is 0 Å². The summed E-state index contributed by atoms with van der Waals surface area (Å²) in [5.74, 6) is -0.456. The summed E-state index contributed by atoms with van der Waals surface area (Å²) in [6.45, 7) is 0.119. The van der Waals surface area contributed by atoms with Gasteiger partial charge in [-0.05, 0) is 18.2 Å². The summed E-state index contributed by atoms with van der Waals surface area (Å²) in [7, 11) is 1.39. The summed E-state index contributed by atoms with van der Waals surface area (Å²) < 4.78 is 4.96. The number of benzene rings is 1. The Morgan fingerprint density at radius 2 is 2.17 bits per heavy atom. The highest BCUT2D eigenvalue weighted by atomic mass is 16.6. The molecule has 2 aliphatic carbocycles. The van der Waals surface area contributed by atoms with E-state index in [0.29, 0.717) is 11.1 Å². The Morgan fingerprint density at radius 1 is 1.42 bits per heavy atom. The standard InChI is InChI=1S/C17H17NO6/c1-18(23)7-6-16-11-8-2-3-9(19)13(11)24-15(16)10(20)4-5-17(16,22)14(18)12(8)21/h2-5,10,14-15,19-20,22H,6-7H2,1H3/t10-,14+,15-,16-,17+,18?/m0/s1. The average molecular weight is 331 g/mol. The smallest absolute Gasteiger partial charge is 0.224 e. The average Bonchev–Trinajstić information content (AvgIpc) is 2.87. The first-order valence-corrected chi connectivity index (χ1v) is 7.97. The summed E-state index contributed by atoms with van der Waals surface area (Å²) in [6, 6.07) is 1.62. The van der Waals surface area contributed by atoms with Crippen LogP contribution in [0.2, 0.25) is 0 Å². The minimum Gasteiger partial charge on any atom is -0.632 e. The number of aliphatic hydroxyl groups excluding tert-OH is 1.